The quantitative estimate of drug-likeness (QED) is 0.627. The second-order valence-corrected chi connectivity index (χ2v) is 3.63. The highest BCUT2D eigenvalue weighted by Gasteiger charge is 2.06. The molecule has 0 unspecified atom stereocenters. The number of aromatic amines is 1. The number of hydrogen-bond donors (Lipinski definition) is 1. The van der Waals surface area contributed by atoms with Crippen molar-refractivity contribution in [3.63, 3.8) is 0 Å². The van der Waals surface area contributed by atoms with E-state index < -0.39 is 0 Å². The molecular formula is C10H6ClN3O. The van der Waals surface area contributed by atoms with Crippen LogP contribution in [0.5, 0.6) is 0 Å². The van der Waals surface area contributed by atoms with Crippen molar-refractivity contribution in [1.29, 1.82) is 0 Å². The summed E-state index contributed by atoms with van der Waals surface area (Å²) in [5.41, 5.74) is 1.13. The summed E-state index contributed by atoms with van der Waals surface area (Å²) >= 11 is 6.00. The van der Waals surface area contributed by atoms with E-state index >= 15 is 0 Å². The maximum atomic E-state index is 11.6. The van der Waals surface area contributed by atoms with Gasteiger partial charge in [-0.1, -0.05) is 23.7 Å². The van der Waals surface area contributed by atoms with Crippen molar-refractivity contribution in [3.8, 4) is 0 Å². The number of nitrogens with zero attached hydrogens (tertiary/aromatic N) is 2. The van der Waals surface area contributed by atoms with Crippen LogP contribution < -0.4 is 5.69 Å². The van der Waals surface area contributed by atoms with Gasteiger partial charge in [0, 0.05) is 5.39 Å². The SMILES string of the molecule is O=c1[nH]c2c(Cl)cccc2c2ccnn12. The van der Waals surface area contributed by atoms with Gasteiger partial charge >= 0.3 is 5.69 Å². The minimum atomic E-state index is -0.282. The third-order valence-corrected chi connectivity index (χ3v) is 2.67. The average molecular weight is 220 g/mol. The van der Waals surface area contributed by atoms with Crippen LogP contribution in [0, 0.1) is 0 Å². The molecule has 0 saturated heterocycles. The normalized spacial score (nSPS) is 11.3. The van der Waals surface area contributed by atoms with Crippen LogP contribution in [0.2, 0.25) is 5.02 Å². The molecule has 2 aromatic heterocycles. The van der Waals surface area contributed by atoms with Gasteiger partial charge in [0.25, 0.3) is 0 Å². The highest BCUT2D eigenvalue weighted by Crippen LogP contribution is 2.22. The molecule has 0 aliphatic rings. The van der Waals surface area contributed by atoms with Gasteiger partial charge in [0.05, 0.1) is 22.3 Å². The molecule has 0 aliphatic heterocycles. The molecule has 0 atom stereocenters. The fourth-order valence-electron chi connectivity index (χ4n) is 1.69. The maximum absolute atomic E-state index is 11.6. The monoisotopic (exact) mass is 219 g/mol. The number of rotatable bonds is 0. The molecule has 1 aromatic carbocycles. The van der Waals surface area contributed by atoms with Crippen molar-refractivity contribution in [2.75, 3.05) is 0 Å². The zero-order valence-electron chi connectivity index (χ0n) is 7.57. The first kappa shape index (κ1) is 8.49. The van der Waals surface area contributed by atoms with E-state index in [-0.39, 0.29) is 5.69 Å². The minimum Gasteiger partial charge on any atom is -0.304 e. The van der Waals surface area contributed by atoms with Crippen molar-refractivity contribution in [2.45, 2.75) is 0 Å². The summed E-state index contributed by atoms with van der Waals surface area (Å²) in [7, 11) is 0. The van der Waals surface area contributed by atoms with Gasteiger partial charge in [-0.3, -0.25) is 0 Å². The smallest absolute Gasteiger partial charge is 0.304 e. The Bertz CT molecular complexity index is 713. The Hall–Kier alpha value is -1.81. The second-order valence-electron chi connectivity index (χ2n) is 3.22. The molecule has 0 amide bonds. The Kier molecular flexibility index (Phi) is 1.61. The van der Waals surface area contributed by atoms with E-state index in [1.165, 1.54) is 4.52 Å². The summed E-state index contributed by atoms with van der Waals surface area (Å²) in [4.78, 5) is 14.3. The van der Waals surface area contributed by atoms with Crippen LogP contribution in [0.3, 0.4) is 0 Å². The molecule has 0 fully saturated rings. The number of para-hydroxylation sites is 1. The molecule has 1 N–H and O–H groups in total. The average Bonchev–Trinajstić information content (AvgIpc) is 2.69. The summed E-state index contributed by atoms with van der Waals surface area (Å²) in [6.45, 7) is 0. The van der Waals surface area contributed by atoms with Gasteiger partial charge in [-0.2, -0.15) is 9.61 Å². The van der Waals surface area contributed by atoms with Gasteiger partial charge in [-0.25, -0.2) is 4.79 Å². The zero-order valence-corrected chi connectivity index (χ0v) is 8.32. The Balaban J connectivity index is 2.72. The van der Waals surface area contributed by atoms with Crippen LogP contribution in [-0.4, -0.2) is 14.6 Å². The number of benzene rings is 1. The highest BCUT2D eigenvalue weighted by molar-refractivity contribution is 6.35. The van der Waals surface area contributed by atoms with E-state index in [0.29, 0.717) is 10.5 Å². The lowest BCUT2D eigenvalue weighted by molar-refractivity contribution is 0.882. The van der Waals surface area contributed by atoms with Crippen molar-refractivity contribution < 1.29 is 0 Å². The molecule has 4 nitrogen and oxygen atoms in total. The molecule has 15 heavy (non-hydrogen) atoms. The minimum absolute atomic E-state index is 0.282. The Labute approximate surface area is 89.1 Å². The molecule has 3 aromatic rings. The van der Waals surface area contributed by atoms with E-state index in [9.17, 15) is 4.79 Å². The summed E-state index contributed by atoms with van der Waals surface area (Å²) in [6, 6.07) is 7.27. The molecule has 2 heterocycles. The van der Waals surface area contributed by atoms with Gasteiger partial charge in [-0.15, -0.1) is 0 Å². The van der Waals surface area contributed by atoms with Crippen LogP contribution in [0.4, 0.5) is 0 Å². The van der Waals surface area contributed by atoms with E-state index in [0.717, 1.165) is 10.9 Å². The van der Waals surface area contributed by atoms with Gasteiger partial charge in [0.1, 0.15) is 0 Å². The van der Waals surface area contributed by atoms with Gasteiger partial charge in [0.15, 0.2) is 0 Å². The van der Waals surface area contributed by atoms with E-state index in [1.807, 2.05) is 12.1 Å². The fraction of sp³-hybridized carbons (Fsp3) is 0. The molecule has 5 heteroatoms. The molecule has 0 radical (unpaired) electrons. The Morgan fingerprint density at radius 3 is 3.07 bits per heavy atom. The number of nitrogens with one attached hydrogen (secondary N) is 1. The molecule has 0 saturated carbocycles. The molecule has 0 spiro atoms. The van der Waals surface area contributed by atoms with Gasteiger partial charge in [0.2, 0.25) is 0 Å². The van der Waals surface area contributed by atoms with E-state index in [1.54, 1.807) is 18.3 Å². The van der Waals surface area contributed by atoms with Crippen LogP contribution in [-0.2, 0) is 0 Å². The first-order valence-corrected chi connectivity index (χ1v) is 4.79. The van der Waals surface area contributed by atoms with Crippen molar-refractivity contribution in [3.05, 3.63) is 46.0 Å². The third kappa shape index (κ3) is 1.08. The lowest BCUT2D eigenvalue weighted by atomic mass is 10.2. The van der Waals surface area contributed by atoms with Crippen LogP contribution in [0.15, 0.2) is 35.3 Å². The largest absolute Gasteiger partial charge is 0.347 e. The highest BCUT2D eigenvalue weighted by atomic mass is 35.5. The Morgan fingerprint density at radius 1 is 1.33 bits per heavy atom. The number of aromatic nitrogens is 3. The van der Waals surface area contributed by atoms with Crippen LogP contribution in [0.25, 0.3) is 16.4 Å². The summed E-state index contributed by atoms with van der Waals surface area (Å²) < 4.78 is 1.32. The van der Waals surface area contributed by atoms with Gasteiger partial charge in [-0.05, 0) is 12.1 Å². The lowest BCUT2D eigenvalue weighted by Crippen LogP contribution is -2.17. The third-order valence-electron chi connectivity index (χ3n) is 2.36. The molecule has 0 aliphatic carbocycles. The molecule has 3 rings (SSSR count). The van der Waals surface area contributed by atoms with Crippen molar-refractivity contribution in [1.82, 2.24) is 14.6 Å². The summed E-state index contributed by atoms with van der Waals surface area (Å²) in [5.74, 6) is 0. The van der Waals surface area contributed by atoms with E-state index in [4.69, 9.17) is 11.6 Å². The van der Waals surface area contributed by atoms with Crippen LogP contribution >= 0.6 is 11.6 Å². The molecule has 74 valence electrons. The second kappa shape index (κ2) is 2.84. The van der Waals surface area contributed by atoms with Crippen molar-refractivity contribution in [2.24, 2.45) is 0 Å². The predicted molar refractivity (Wildman–Crippen MR) is 58.3 cm³/mol. The van der Waals surface area contributed by atoms with Crippen molar-refractivity contribution >= 4 is 28.0 Å². The number of hydrogen-bond acceptors (Lipinski definition) is 2. The molecular weight excluding hydrogens is 214 g/mol. The fourth-order valence-corrected chi connectivity index (χ4v) is 1.92. The summed E-state index contributed by atoms with van der Waals surface area (Å²) in [6.07, 6.45) is 1.59. The topological polar surface area (TPSA) is 50.2 Å². The first-order valence-electron chi connectivity index (χ1n) is 4.41. The number of H-pyrrole nitrogens is 1. The standard InChI is InChI=1S/C10H6ClN3O/c11-7-3-1-2-6-8-4-5-12-14(8)10(15)13-9(6)7/h1-5H,(H,13,15). The van der Waals surface area contributed by atoms with Gasteiger partial charge < -0.3 is 4.98 Å². The molecule has 0 bridgehead atoms. The van der Waals surface area contributed by atoms with E-state index in [2.05, 4.69) is 10.1 Å². The number of halogens is 1. The van der Waals surface area contributed by atoms with Crippen LogP contribution in [0.1, 0.15) is 0 Å². The first-order chi connectivity index (χ1) is 7.27. The number of fused-ring (bicyclic) bond motifs is 3. The summed E-state index contributed by atoms with van der Waals surface area (Å²) in [5, 5.41) is 5.35. The lowest BCUT2D eigenvalue weighted by Gasteiger charge is -2.01. The maximum Gasteiger partial charge on any atom is 0.347 e. The Morgan fingerprint density at radius 2 is 2.20 bits per heavy atom. The zero-order chi connectivity index (χ0) is 10.4. The predicted octanol–water partition coefficient (Wildman–Crippen LogP) is 1.83.